The Balaban J connectivity index is 1.50. The zero-order valence-electron chi connectivity index (χ0n) is 12.1. The number of aromatic nitrogens is 4. The van der Waals surface area contributed by atoms with Gasteiger partial charge in [0.2, 0.25) is 0 Å². The first-order valence-electron chi connectivity index (χ1n) is 7.17. The highest BCUT2D eigenvalue weighted by Crippen LogP contribution is 2.29. The first-order valence-corrected chi connectivity index (χ1v) is 8.16. The first-order chi connectivity index (χ1) is 11.3. The summed E-state index contributed by atoms with van der Waals surface area (Å²) in [6.45, 7) is 1.01. The number of carbonyl (C=O) groups is 1. The number of carbonyl (C=O) groups excluding carboxylic acids is 1. The summed E-state index contributed by atoms with van der Waals surface area (Å²) < 4.78 is 2.17. The number of rotatable bonds is 3. The zero-order chi connectivity index (χ0) is 15.6. The lowest BCUT2D eigenvalue weighted by atomic mass is 10.1. The highest BCUT2D eigenvalue weighted by molar-refractivity contribution is 7.99. The Morgan fingerprint density at radius 2 is 2.09 bits per heavy atom. The van der Waals surface area contributed by atoms with Crippen LogP contribution >= 0.6 is 11.8 Å². The summed E-state index contributed by atoms with van der Waals surface area (Å²) in [6, 6.07) is 7.63. The van der Waals surface area contributed by atoms with Crippen LogP contribution in [0, 0.1) is 0 Å². The number of nitrogens with one attached hydrogen (secondary N) is 1. The van der Waals surface area contributed by atoms with Crippen LogP contribution in [0.25, 0.3) is 11.3 Å². The first kappa shape index (κ1) is 14.0. The van der Waals surface area contributed by atoms with E-state index in [1.807, 2.05) is 24.3 Å². The van der Waals surface area contributed by atoms with E-state index in [2.05, 4.69) is 31.0 Å². The van der Waals surface area contributed by atoms with Gasteiger partial charge in [-0.15, -0.1) is 0 Å². The normalized spacial score (nSPS) is 12.9. The molecule has 3 aromatic rings. The van der Waals surface area contributed by atoms with Crippen LogP contribution in [0.5, 0.6) is 0 Å². The van der Waals surface area contributed by atoms with Crippen LogP contribution in [0.1, 0.15) is 10.5 Å². The Bertz CT molecular complexity index is 823. The molecule has 1 aliphatic heterocycles. The van der Waals surface area contributed by atoms with E-state index < -0.39 is 0 Å². The van der Waals surface area contributed by atoms with Crippen molar-refractivity contribution < 1.29 is 4.79 Å². The number of thioether (sulfide) groups is 1. The molecular formula is C16H13N5OS. The number of fused-ring (bicyclic) bond motifs is 1. The highest BCUT2D eigenvalue weighted by atomic mass is 32.2. The van der Waals surface area contributed by atoms with Crippen molar-refractivity contribution in [1.29, 1.82) is 0 Å². The molecule has 23 heavy (non-hydrogen) atoms. The minimum Gasteiger partial charge on any atom is -0.325 e. The highest BCUT2D eigenvalue weighted by Gasteiger charge is 2.15. The maximum atomic E-state index is 12.0. The molecule has 114 valence electrons. The van der Waals surface area contributed by atoms with Crippen LogP contribution in [-0.2, 0) is 6.54 Å². The van der Waals surface area contributed by atoms with Gasteiger partial charge in [-0.25, -0.2) is 9.97 Å². The molecule has 0 spiro atoms. The van der Waals surface area contributed by atoms with Gasteiger partial charge < -0.3 is 9.88 Å². The van der Waals surface area contributed by atoms with Gasteiger partial charge in [0.05, 0.1) is 11.9 Å². The van der Waals surface area contributed by atoms with E-state index in [1.54, 1.807) is 11.8 Å². The molecule has 4 rings (SSSR count). The predicted molar refractivity (Wildman–Crippen MR) is 88.4 cm³/mol. The van der Waals surface area contributed by atoms with Gasteiger partial charge >= 0.3 is 0 Å². The molecule has 0 bridgehead atoms. The number of amides is 1. The summed E-state index contributed by atoms with van der Waals surface area (Å²) in [5.41, 5.74) is 2.99. The molecule has 0 aliphatic carbocycles. The van der Waals surface area contributed by atoms with Crippen molar-refractivity contribution >= 4 is 23.4 Å². The molecule has 1 aromatic carbocycles. The van der Waals surface area contributed by atoms with Crippen LogP contribution in [-0.4, -0.2) is 31.2 Å². The molecule has 1 N–H and O–H groups in total. The summed E-state index contributed by atoms with van der Waals surface area (Å²) in [5.74, 6) is 0.818. The summed E-state index contributed by atoms with van der Waals surface area (Å²) in [6.07, 6.45) is 6.54. The van der Waals surface area contributed by atoms with E-state index >= 15 is 0 Å². The van der Waals surface area contributed by atoms with Crippen LogP contribution in [0.15, 0.2) is 54.2 Å². The topological polar surface area (TPSA) is 72.7 Å². The third-order valence-electron chi connectivity index (χ3n) is 3.54. The number of imidazole rings is 1. The quantitative estimate of drug-likeness (QED) is 0.802. The summed E-state index contributed by atoms with van der Waals surface area (Å²) in [7, 11) is 0. The number of anilines is 1. The van der Waals surface area contributed by atoms with E-state index in [0.717, 1.165) is 28.7 Å². The van der Waals surface area contributed by atoms with Crippen LogP contribution < -0.4 is 5.32 Å². The van der Waals surface area contributed by atoms with Crippen LogP contribution in [0.2, 0.25) is 0 Å². The predicted octanol–water partition coefficient (Wildman–Crippen LogP) is 2.70. The van der Waals surface area contributed by atoms with Crippen molar-refractivity contribution in [2.45, 2.75) is 11.7 Å². The van der Waals surface area contributed by atoms with Crippen LogP contribution in [0.4, 0.5) is 5.69 Å². The van der Waals surface area contributed by atoms with E-state index in [4.69, 9.17) is 0 Å². The second kappa shape index (κ2) is 5.85. The number of benzene rings is 1. The lowest BCUT2D eigenvalue weighted by Gasteiger charge is -2.05. The smallest absolute Gasteiger partial charge is 0.275 e. The molecule has 0 saturated heterocycles. The minimum atomic E-state index is -0.275. The van der Waals surface area contributed by atoms with Crippen molar-refractivity contribution in [3.8, 4) is 11.3 Å². The fourth-order valence-corrected chi connectivity index (χ4v) is 3.33. The second-order valence-corrected chi connectivity index (χ2v) is 6.13. The van der Waals surface area contributed by atoms with Gasteiger partial charge in [-0.1, -0.05) is 23.9 Å². The third kappa shape index (κ3) is 2.83. The standard InChI is InChI=1S/C16H13N5OS/c22-15(13-9-17-5-6-18-13)19-12-3-1-11(2-4-12)14-10-21-7-8-23-16(21)20-14/h1-6,9-10H,7-8H2,(H,19,22). The summed E-state index contributed by atoms with van der Waals surface area (Å²) in [4.78, 5) is 24.5. The maximum absolute atomic E-state index is 12.0. The van der Waals surface area contributed by atoms with Gasteiger partial charge in [0, 0.05) is 42.1 Å². The fourth-order valence-electron chi connectivity index (χ4n) is 2.38. The van der Waals surface area contributed by atoms with Crippen molar-refractivity contribution in [3.05, 3.63) is 54.7 Å². The number of hydrogen-bond donors (Lipinski definition) is 1. The molecular weight excluding hydrogens is 310 g/mol. The number of nitrogens with zero attached hydrogens (tertiary/aromatic N) is 4. The number of aryl methyl sites for hydroxylation is 1. The Labute approximate surface area is 137 Å². The molecule has 7 heteroatoms. The number of hydrogen-bond acceptors (Lipinski definition) is 5. The Kier molecular flexibility index (Phi) is 3.55. The molecule has 0 radical (unpaired) electrons. The molecule has 6 nitrogen and oxygen atoms in total. The summed E-state index contributed by atoms with van der Waals surface area (Å²) >= 11 is 1.77. The monoisotopic (exact) mass is 323 g/mol. The molecule has 0 unspecified atom stereocenters. The SMILES string of the molecule is O=C(Nc1ccc(-c2cn3c(n2)SCC3)cc1)c1cnccn1. The molecule has 0 saturated carbocycles. The van der Waals surface area contributed by atoms with E-state index in [9.17, 15) is 4.79 Å². The molecule has 1 aliphatic rings. The van der Waals surface area contributed by atoms with Gasteiger partial charge in [0.25, 0.3) is 5.91 Å². The molecule has 2 aromatic heterocycles. The maximum Gasteiger partial charge on any atom is 0.275 e. The van der Waals surface area contributed by atoms with Crippen molar-refractivity contribution in [2.24, 2.45) is 0 Å². The van der Waals surface area contributed by atoms with Crippen LogP contribution in [0.3, 0.4) is 0 Å². The molecule has 1 amide bonds. The van der Waals surface area contributed by atoms with E-state index in [1.165, 1.54) is 18.6 Å². The Hall–Kier alpha value is -2.67. The average molecular weight is 323 g/mol. The lowest BCUT2D eigenvalue weighted by molar-refractivity contribution is 0.102. The Morgan fingerprint density at radius 3 is 2.83 bits per heavy atom. The van der Waals surface area contributed by atoms with E-state index in [-0.39, 0.29) is 5.91 Å². The van der Waals surface area contributed by atoms with Gasteiger partial charge in [-0.2, -0.15) is 0 Å². The van der Waals surface area contributed by atoms with Crippen molar-refractivity contribution in [3.63, 3.8) is 0 Å². The second-order valence-electron chi connectivity index (χ2n) is 5.07. The van der Waals surface area contributed by atoms with Crippen molar-refractivity contribution in [1.82, 2.24) is 19.5 Å². The molecule has 0 atom stereocenters. The molecule has 3 heterocycles. The molecule has 0 fully saturated rings. The average Bonchev–Trinajstić information content (AvgIpc) is 3.18. The van der Waals surface area contributed by atoms with Gasteiger partial charge in [0.15, 0.2) is 5.16 Å². The van der Waals surface area contributed by atoms with Gasteiger partial charge in [0.1, 0.15) is 5.69 Å². The zero-order valence-corrected chi connectivity index (χ0v) is 13.0. The summed E-state index contributed by atoms with van der Waals surface area (Å²) in [5, 5.41) is 3.87. The van der Waals surface area contributed by atoms with Crippen molar-refractivity contribution in [2.75, 3.05) is 11.1 Å². The Morgan fingerprint density at radius 1 is 1.22 bits per heavy atom. The van der Waals surface area contributed by atoms with Gasteiger partial charge in [-0.05, 0) is 12.1 Å². The van der Waals surface area contributed by atoms with E-state index in [0.29, 0.717) is 11.4 Å². The third-order valence-corrected chi connectivity index (χ3v) is 4.51. The van der Waals surface area contributed by atoms with Gasteiger partial charge in [-0.3, -0.25) is 9.78 Å². The fraction of sp³-hybridized carbons (Fsp3) is 0.125. The minimum absolute atomic E-state index is 0.275. The lowest BCUT2D eigenvalue weighted by Crippen LogP contribution is -2.13. The largest absolute Gasteiger partial charge is 0.325 e.